The number of likely N-dealkylation sites (N-methyl/N-ethyl adjacent to an activating group) is 1. The number of benzene rings is 1. The zero-order chi connectivity index (χ0) is 14.5. The summed E-state index contributed by atoms with van der Waals surface area (Å²) in [6.45, 7) is 3.52. The molecule has 0 saturated carbocycles. The Kier molecular flexibility index (Phi) is 5.31. The van der Waals surface area contributed by atoms with E-state index in [1.165, 1.54) is 6.07 Å². The number of nitro groups is 1. The molecule has 1 aliphatic rings. The van der Waals surface area contributed by atoms with E-state index < -0.39 is 4.92 Å². The lowest BCUT2D eigenvalue weighted by molar-refractivity contribution is -0.385. The van der Waals surface area contributed by atoms with Crippen LogP contribution in [-0.4, -0.2) is 49.2 Å². The molecule has 1 N–H and O–H groups in total. The quantitative estimate of drug-likeness (QED) is 0.662. The van der Waals surface area contributed by atoms with Crippen LogP contribution >= 0.6 is 11.6 Å². The van der Waals surface area contributed by atoms with E-state index >= 15 is 0 Å². The molecule has 6 nitrogen and oxygen atoms in total. The van der Waals surface area contributed by atoms with Gasteiger partial charge in [0.25, 0.3) is 5.69 Å². The van der Waals surface area contributed by atoms with Gasteiger partial charge in [0, 0.05) is 32.2 Å². The summed E-state index contributed by atoms with van der Waals surface area (Å²) in [6.07, 6.45) is 0.107. The van der Waals surface area contributed by atoms with Crippen LogP contribution in [0.1, 0.15) is 5.56 Å². The van der Waals surface area contributed by atoms with Crippen molar-refractivity contribution >= 4 is 17.3 Å². The number of nitro benzene ring substituents is 1. The summed E-state index contributed by atoms with van der Waals surface area (Å²) in [5, 5.41) is 14.6. The van der Waals surface area contributed by atoms with E-state index in [0.717, 1.165) is 19.7 Å². The van der Waals surface area contributed by atoms with E-state index in [1.807, 2.05) is 0 Å². The SMILES string of the molecule is CN1CCOC(CNCc2c(Cl)cccc2[N+](=O)[O-])C1. The molecule has 1 fully saturated rings. The third-order valence-electron chi connectivity index (χ3n) is 3.31. The first-order chi connectivity index (χ1) is 9.58. The molecule has 20 heavy (non-hydrogen) atoms. The van der Waals surface area contributed by atoms with Crippen LogP contribution in [-0.2, 0) is 11.3 Å². The van der Waals surface area contributed by atoms with Gasteiger partial charge in [-0.1, -0.05) is 17.7 Å². The maximum atomic E-state index is 11.0. The molecule has 1 aromatic carbocycles. The smallest absolute Gasteiger partial charge is 0.275 e. The van der Waals surface area contributed by atoms with Gasteiger partial charge in [-0.25, -0.2) is 0 Å². The lowest BCUT2D eigenvalue weighted by Gasteiger charge is -2.30. The molecule has 0 radical (unpaired) electrons. The predicted octanol–water partition coefficient (Wildman–Crippen LogP) is 1.67. The van der Waals surface area contributed by atoms with Crippen molar-refractivity contribution in [1.29, 1.82) is 0 Å². The lowest BCUT2D eigenvalue weighted by Crippen LogP contribution is -2.44. The normalized spacial score (nSPS) is 20.0. The summed E-state index contributed by atoms with van der Waals surface area (Å²) < 4.78 is 5.62. The molecule has 0 amide bonds. The van der Waals surface area contributed by atoms with E-state index in [0.29, 0.717) is 23.7 Å². The van der Waals surface area contributed by atoms with Crippen molar-refractivity contribution in [3.05, 3.63) is 38.9 Å². The molecule has 110 valence electrons. The maximum absolute atomic E-state index is 11.0. The highest BCUT2D eigenvalue weighted by atomic mass is 35.5. The first-order valence-corrected chi connectivity index (χ1v) is 6.88. The maximum Gasteiger partial charge on any atom is 0.275 e. The third-order valence-corrected chi connectivity index (χ3v) is 3.66. The van der Waals surface area contributed by atoms with E-state index in [-0.39, 0.29) is 11.8 Å². The number of nitrogens with zero attached hydrogens (tertiary/aromatic N) is 2. The summed E-state index contributed by atoms with van der Waals surface area (Å²) in [5.41, 5.74) is 0.565. The number of halogens is 1. The fourth-order valence-electron chi connectivity index (χ4n) is 2.24. The van der Waals surface area contributed by atoms with Crippen molar-refractivity contribution in [1.82, 2.24) is 10.2 Å². The van der Waals surface area contributed by atoms with Crippen LogP contribution < -0.4 is 5.32 Å². The van der Waals surface area contributed by atoms with Gasteiger partial charge in [0.1, 0.15) is 0 Å². The van der Waals surface area contributed by atoms with Gasteiger partial charge < -0.3 is 15.0 Å². The van der Waals surface area contributed by atoms with Crippen molar-refractivity contribution in [3.63, 3.8) is 0 Å². The fraction of sp³-hybridized carbons (Fsp3) is 0.538. The second-order valence-electron chi connectivity index (χ2n) is 4.88. The highest BCUT2D eigenvalue weighted by Gasteiger charge is 2.19. The van der Waals surface area contributed by atoms with Crippen molar-refractivity contribution in [2.24, 2.45) is 0 Å². The summed E-state index contributed by atoms with van der Waals surface area (Å²) in [6, 6.07) is 4.72. The summed E-state index contributed by atoms with van der Waals surface area (Å²) in [4.78, 5) is 12.8. The van der Waals surface area contributed by atoms with Crippen molar-refractivity contribution in [2.45, 2.75) is 12.6 Å². The Hall–Kier alpha value is -1.21. The van der Waals surface area contributed by atoms with Crippen LogP contribution in [0.5, 0.6) is 0 Å². The Labute approximate surface area is 122 Å². The molecular formula is C13H18ClN3O3. The Morgan fingerprint density at radius 3 is 3.10 bits per heavy atom. The van der Waals surface area contributed by atoms with Gasteiger partial charge in [-0.05, 0) is 13.1 Å². The topological polar surface area (TPSA) is 67.6 Å². The Balaban J connectivity index is 1.92. The zero-order valence-corrected chi connectivity index (χ0v) is 12.1. The van der Waals surface area contributed by atoms with Crippen molar-refractivity contribution in [2.75, 3.05) is 33.3 Å². The molecular weight excluding hydrogens is 282 g/mol. The first-order valence-electron chi connectivity index (χ1n) is 6.50. The van der Waals surface area contributed by atoms with Gasteiger partial charge in [-0.15, -0.1) is 0 Å². The highest BCUT2D eigenvalue weighted by molar-refractivity contribution is 6.31. The molecule has 1 aliphatic heterocycles. The molecule has 0 spiro atoms. The van der Waals surface area contributed by atoms with Crippen LogP contribution in [0.2, 0.25) is 5.02 Å². The van der Waals surface area contributed by atoms with Gasteiger partial charge in [0.15, 0.2) is 0 Å². The number of morpholine rings is 1. The Morgan fingerprint density at radius 2 is 2.40 bits per heavy atom. The number of nitrogens with one attached hydrogen (secondary N) is 1. The van der Waals surface area contributed by atoms with Crippen molar-refractivity contribution < 1.29 is 9.66 Å². The highest BCUT2D eigenvalue weighted by Crippen LogP contribution is 2.25. The molecule has 1 aromatic rings. The van der Waals surface area contributed by atoms with Crippen LogP contribution in [0.3, 0.4) is 0 Å². The van der Waals surface area contributed by atoms with E-state index in [4.69, 9.17) is 16.3 Å². The van der Waals surface area contributed by atoms with E-state index in [1.54, 1.807) is 12.1 Å². The summed E-state index contributed by atoms with van der Waals surface area (Å²) in [7, 11) is 2.05. The van der Waals surface area contributed by atoms with Crippen LogP contribution in [0.4, 0.5) is 5.69 Å². The average molecular weight is 300 g/mol. The zero-order valence-electron chi connectivity index (χ0n) is 11.3. The molecule has 0 bridgehead atoms. The standard InChI is InChI=1S/C13H18ClN3O3/c1-16-5-6-20-10(9-16)7-15-8-11-12(14)3-2-4-13(11)17(18)19/h2-4,10,15H,5-9H2,1H3. The molecule has 1 heterocycles. The molecule has 7 heteroatoms. The average Bonchev–Trinajstić information content (AvgIpc) is 2.40. The minimum absolute atomic E-state index is 0.0479. The monoisotopic (exact) mass is 299 g/mol. The predicted molar refractivity (Wildman–Crippen MR) is 77.1 cm³/mol. The van der Waals surface area contributed by atoms with Crippen LogP contribution in [0, 0.1) is 10.1 Å². The first kappa shape index (κ1) is 15.2. The third kappa shape index (κ3) is 3.89. The van der Waals surface area contributed by atoms with E-state index in [9.17, 15) is 10.1 Å². The lowest BCUT2D eigenvalue weighted by atomic mass is 10.1. The van der Waals surface area contributed by atoms with Gasteiger partial charge in [-0.3, -0.25) is 10.1 Å². The Morgan fingerprint density at radius 1 is 1.60 bits per heavy atom. The summed E-state index contributed by atoms with van der Waals surface area (Å²) in [5.74, 6) is 0. The molecule has 0 aromatic heterocycles. The number of rotatable bonds is 5. The van der Waals surface area contributed by atoms with Gasteiger partial charge in [0.2, 0.25) is 0 Å². The van der Waals surface area contributed by atoms with Crippen LogP contribution in [0.25, 0.3) is 0 Å². The number of hydrogen-bond donors (Lipinski definition) is 1. The molecule has 1 unspecified atom stereocenters. The number of ether oxygens (including phenoxy) is 1. The minimum atomic E-state index is -0.409. The van der Waals surface area contributed by atoms with Crippen LogP contribution in [0.15, 0.2) is 18.2 Å². The van der Waals surface area contributed by atoms with E-state index in [2.05, 4.69) is 17.3 Å². The number of hydrogen-bond acceptors (Lipinski definition) is 5. The molecule has 1 saturated heterocycles. The van der Waals surface area contributed by atoms with Gasteiger partial charge >= 0.3 is 0 Å². The molecule has 2 rings (SSSR count). The van der Waals surface area contributed by atoms with Crippen molar-refractivity contribution in [3.8, 4) is 0 Å². The largest absolute Gasteiger partial charge is 0.374 e. The summed E-state index contributed by atoms with van der Waals surface area (Å²) >= 11 is 6.03. The fourth-order valence-corrected chi connectivity index (χ4v) is 2.48. The molecule has 0 aliphatic carbocycles. The Bertz CT molecular complexity index is 484. The van der Waals surface area contributed by atoms with Gasteiger partial charge in [0.05, 0.1) is 28.2 Å². The second kappa shape index (κ2) is 6.99. The molecule has 1 atom stereocenters. The second-order valence-corrected chi connectivity index (χ2v) is 5.29. The van der Waals surface area contributed by atoms with Gasteiger partial charge in [-0.2, -0.15) is 0 Å². The minimum Gasteiger partial charge on any atom is -0.374 e.